The monoisotopic (exact) mass is 496 g/mol. The Morgan fingerprint density at radius 3 is 2.76 bits per heavy atom. The second-order valence-electron chi connectivity index (χ2n) is 10.2. The van der Waals surface area contributed by atoms with Crippen molar-refractivity contribution in [2.24, 2.45) is 5.92 Å². The first kappa shape index (κ1) is 24.8. The zero-order chi connectivity index (χ0) is 26.1. The highest BCUT2D eigenvalue weighted by Gasteiger charge is 2.35. The van der Waals surface area contributed by atoms with Gasteiger partial charge in [0.15, 0.2) is 0 Å². The van der Waals surface area contributed by atoms with Gasteiger partial charge in [0.25, 0.3) is 0 Å². The number of nitriles is 1. The van der Waals surface area contributed by atoms with Crippen molar-refractivity contribution in [1.29, 1.82) is 5.26 Å². The standard InChI is InChI=1S/C29H32N6O2/c1-4-21-14-23(22-7-9-31-16-25(22)32-21)24-13-20(15-30)29(33-28(24)19-5-6-19)34-10-11-35(27(37)8-12-36)26(17-34)18(2)3/h4,7,9,13-14,16,18-19,26,36H,1,5-6,8,10-12,17H2,2-3H3. The number of hydrogen-bond donors (Lipinski definition) is 1. The van der Waals surface area contributed by atoms with Crippen LogP contribution in [0.15, 0.2) is 37.2 Å². The highest BCUT2D eigenvalue weighted by Crippen LogP contribution is 2.46. The minimum atomic E-state index is -0.149. The average molecular weight is 497 g/mol. The van der Waals surface area contributed by atoms with Crippen LogP contribution in [0.5, 0.6) is 0 Å². The van der Waals surface area contributed by atoms with Gasteiger partial charge in [0.1, 0.15) is 11.9 Å². The van der Waals surface area contributed by atoms with Crippen molar-refractivity contribution in [3.63, 3.8) is 0 Å². The van der Waals surface area contributed by atoms with Gasteiger partial charge in [0.05, 0.1) is 41.3 Å². The summed E-state index contributed by atoms with van der Waals surface area (Å²) in [5, 5.41) is 20.5. The zero-order valence-corrected chi connectivity index (χ0v) is 21.4. The second-order valence-corrected chi connectivity index (χ2v) is 10.2. The summed E-state index contributed by atoms with van der Waals surface area (Å²) in [6.07, 6.45) is 7.51. The van der Waals surface area contributed by atoms with Gasteiger partial charge in [-0.3, -0.25) is 9.78 Å². The average Bonchev–Trinajstić information content (AvgIpc) is 3.77. The fourth-order valence-corrected chi connectivity index (χ4v) is 5.27. The molecule has 190 valence electrons. The molecule has 1 amide bonds. The van der Waals surface area contributed by atoms with Gasteiger partial charge in [-0.1, -0.05) is 20.4 Å². The smallest absolute Gasteiger partial charge is 0.225 e. The number of nitrogens with zero attached hydrogens (tertiary/aromatic N) is 6. The summed E-state index contributed by atoms with van der Waals surface area (Å²) < 4.78 is 0. The Hall–Kier alpha value is -3.83. The van der Waals surface area contributed by atoms with E-state index in [0.29, 0.717) is 36.9 Å². The van der Waals surface area contributed by atoms with E-state index in [1.165, 1.54) is 0 Å². The van der Waals surface area contributed by atoms with Crippen LogP contribution in [0.3, 0.4) is 0 Å². The number of rotatable bonds is 7. The largest absolute Gasteiger partial charge is 0.396 e. The minimum absolute atomic E-state index is 0.0167. The molecule has 0 spiro atoms. The van der Waals surface area contributed by atoms with E-state index in [1.54, 1.807) is 18.5 Å². The molecule has 8 nitrogen and oxygen atoms in total. The van der Waals surface area contributed by atoms with Crippen LogP contribution in [0.4, 0.5) is 5.82 Å². The van der Waals surface area contributed by atoms with E-state index in [1.807, 2.05) is 23.1 Å². The van der Waals surface area contributed by atoms with Crippen LogP contribution in [-0.4, -0.2) is 63.1 Å². The third-order valence-electron chi connectivity index (χ3n) is 7.38. The predicted molar refractivity (Wildman–Crippen MR) is 144 cm³/mol. The Morgan fingerprint density at radius 2 is 2.08 bits per heavy atom. The van der Waals surface area contributed by atoms with Gasteiger partial charge < -0.3 is 14.9 Å². The Morgan fingerprint density at radius 1 is 1.27 bits per heavy atom. The molecule has 1 saturated carbocycles. The van der Waals surface area contributed by atoms with E-state index < -0.39 is 0 Å². The lowest BCUT2D eigenvalue weighted by Gasteiger charge is -2.44. The van der Waals surface area contributed by atoms with Crippen LogP contribution in [0.1, 0.15) is 56.0 Å². The number of piperazine rings is 1. The number of aliphatic hydroxyl groups is 1. The first-order valence-corrected chi connectivity index (χ1v) is 12.9. The second kappa shape index (κ2) is 10.3. The van der Waals surface area contributed by atoms with E-state index in [2.05, 4.69) is 41.4 Å². The molecule has 0 bridgehead atoms. The van der Waals surface area contributed by atoms with E-state index >= 15 is 0 Å². The number of hydrogen-bond acceptors (Lipinski definition) is 7. The van der Waals surface area contributed by atoms with Crippen LogP contribution < -0.4 is 4.90 Å². The molecular weight excluding hydrogens is 464 g/mol. The Balaban J connectivity index is 1.59. The molecule has 37 heavy (non-hydrogen) atoms. The normalized spacial score (nSPS) is 17.8. The summed E-state index contributed by atoms with van der Waals surface area (Å²) in [7, 11) is 0. The third-order valence-corrected chi connectivity index (χ3v) is 7.38. The Bertz CT molecular complexity index is 1390. The van der Waals surface area contributed by atoms with Crippen molar-refractivity contribution in [2.45, 2.75) is 45.1 Å². The van der Waals surface area contributed by atoms with Gasteiger partial charge in [-0.05, 0) is 48.6 Å². The number of carbonyl (C=O) groups is 1. The summed E-state index contributed by atoms with van der Waals surface area (Å²) in [5.74, 6) is 1.25. The minimum Gasteiger partial charge on any atom is -0.396 e. The molecule has 8 heteroatoms. The van der Waals surface area contributed by atoms with E-state index in [9.17, 15) is 15.2 Å². The summed E-state index contributed by atoms with van der Waals surface area (Å²) in [6.45, 7) is 9.70. The maximum Gasteiger partial charge on any atom is 0.225 e. The molecule has 3 aromatic heterocycles. The van der Waals surface area contributed by atoms with Gasteiger partial charge in [0, 0.05) is 49.1 Å². The van der Waals surface area contributed by atoms with Gasteiger partial charge >= 0.3 is 0 Å². The fourth-order valence-electron chi connectivity index (χ4n) is 5.27. The molecule has 0 aromatic carbocycles. The van der Waals surface area contributed by atoms with E-state index in [4.69, 9.17) is 4.98 Å². The molecule has 3 aromatic rings. The molecule has 1 unspecified atom stereocenters. The first-order chi connectivity index (χ1) is 17.9. The van der Waals surface area contributed by atoms with E-state index in [-0.39, 0.29) is 30.9 Å². The maximum absolute atomic E-state index is 12.7. The molecule has 1 atom stereocenters. The van der Waals surface area contributed by atoms with Crippen LogP contribution in [0, 0.1) is 17.2 Å². The van der Waals surface area contributed by atoms with Crippen molar-refractivity contribution in [2.75, 3.05) is 31.1 Å². The molecular formula is C29H32N6O2. The molecule has 1 saturated heterocycles. The Labute approximate surface area is 217 Å². The number of carbonyl (C=O) groups excluding carboxylic acids is 1. The van der Waals surface area contributed by atoms with Crippen molar-refractivity contribution in [3.05, 3.63) is 54.1 Å². The molecule has 0 radical (unpaired) electrons. The summed E-state index contributed by atoms with van der Waals surface area (Å²) in [5.41, 5.74) is 5.01. The molecule has 4 heterocycles. The van der Waals surface area contributed by atoms with Crippen molar-refractivity contribution in [1.82, 2.24) is 19.9 Å². The highest BCUT2D eigenvalue weighted by atomic mass is 16.3. The van der Waals surface area contributed by atoms with Crippen LogP contribution >= 0.6 is 0 Å². The highest BCUT2D eigenvalue weighted by molar-refractivity contribution is 5.96. The van der Waals surface area contributed by atoms with Gasteiger partial charge in [0.2, 0.25) is 5.91 Å². The Kier molecular flexibility index (Phi) is 6.90. The number of aromatic nitrogens is 3. The van der Waals surface area contributed by atoms with Crippen LogP contribution in [0.2, 0.25) is 0 Å². The number of aliphatic hydroxyl groups excluding tert-OH is 1. The molecule has 2 fully saturated rings. The molecule has 2 aliphatic rings. The van der Waals surface area contributed by atoms with Crippen molar-refractivity contribution >= 4 is 28.7 Å². The summed E-state index contributed by atoms with van der Waals surface area (Å²) >= 11 is 0. The number of amides is 1. The molecule has 1 N–H and O–H groups in total. The quantitative estimate of drug-likeness (QED) is 0.524. The van der Waals surface area contributed by atoms with Crippen LogP contribution in [0.25, 0.3) is 28.1 Å². The number of pyridine rings is 3. The van der Waals surface area contributed by atoms with E-state index in [0.717, 1.165) is 46.3 Å². The molecule has 5 rings (SSSR count). The fraction of sp³-hybridized carbons (Fsp3) is 0.414. The van der Waals surface area contributed by atoms with Gasteiger partial charge in [-0.15, -0.1) is 0 Å². The summed E-state index contributed by atoms with van der Waals surface area (Å²) in [4.78, 5) is 30.7. The summed E-state index contributed by atoms with van der Waals surface area (Å²) in [6, 6.07) is 8.33. The van der Waals surface area contributed by atoms with Gasteiger partial charge in [-0.25, -0.2) is 9.97 Å². The topological polar surface area (TPSA) is 106 Å². The molecule has 1 aliphatic heterocycles. The number of anilines is 1. The van der Waals surface area contributed by atoms with Crippen molar-refractivity contribution in [3.8, 4) is 17.2 Å². The third kappa shape index (κ3) is 4.79. The predicted octanol–water partition coefficient (Wildman–Crippen LogP) is 4.14. The zero-order valence-electron chi connectivity index (χ0n) is 21.4. The lowest BCUT2D eigenvalue weighted by Crippen LogP contribution is -2.57. The number of fused-ring (bicyclic) bond motifs is 1. The lowest BCUT2D eigenvalue weighted by atomic mass is 9.95. The lowest BCUT2D eigenvalue weighted by molar-refractivity contribution is -0.135. The first-order valence-electron chi connectivity index (χ1n) is 12.9. The molecule has 1 aliphatic carbocycles. The van der Waals surface area contributed by atoms with Crippen LogP contribution in [-0.2, 0) is 4.79 Å². The maximum atomic E-state index is 12.7. The SMILES string of the molecule is C=Cc1cc(-c2cc(C#N)c(N3CCN(C(=O)CCO)C(C(C)C)C3)nc2C2CC2)c2ccncc2n1. The van der Waals surface area contributed by atoms with Crippen molar-refractivity contribution < 1.29 is 9.90 Å². The van der Waals surface area contributed by atoms with Gasteiger partial charge in [-0.2, -0.15) is 5.26 Å².